The van der Waals surface area contributed by atoms with Crippen LogP contribution in [0.5, 0.6) is 0 Å². The molecule has 0 saturated carbocycles. The Morgan fingerprint density at radius 3 is 2.53 bits per heavy atom. The van der Waals surface area contributed by atoms with Crippen molar-refractivity contribution >= 4 is 27.0 Å². The molecule has 0 spiro atoms. The van der Waals surface area contributed by atoms with Crippen LogP contribution in [-0.4, -0.2) is 9.97 Å². The van der Waals surface area contributed by atoms with Crippen LogP contribution in [0.3, 0.4) is 0 Å². The summed E-state index contributed by atoms with van der Waals surface area (Å²) in [7, 11) is 0. The molecule has 1 aromatic heterocycles. The minimum Gasteiger partial charge on any atom is -0.338 e. The third-order valence-corrected chi connectivity index (χ3v) is 3.32. The Labute approximate surface area is 114 Å². The lowest BCUT2D eigenvalue weighted by Crippen LogP contribution is -1.97. The molecule has 6 heteroatoms. The first-order valence-corrected chi connectivity index (χ1v) is 6.15. The van der Waals surface area contributed by atoms with E-state index in [9.17, 15) is 13.2 Å². The van der Waals surface area contributed by atoms with Crippen molar-refractivity contribution in [1.29, 1.82) is 0 Å². The molecule has 3 aromatic rings. The van der Waals surface area contributed by atoms with Crippen LogP contribution in [0.25, 0.3) is 22.4 Å². The van der Waals surface area contributed by atoms with Gasteiger partial charge in [-0.05, 0) is 34.1 Å². The van der Waals surface area contributed by atoms with Gasteiger partial charge < -0.3 is 4.98 Å². The Hall–Kier alpha value is -1.82. The van der Waals surface area contributed by atoms with Gasteiger partial charge in [-0.3, -0.25) is 0 Å². The number of rotatable bonds is 1. The van der Waals surface area contributed by atoms with Gasteiger partial charge in [-0.2, -0.15) is 0 Å². The van der Waals surface area contributed by atoms with Crippen LogP contribution in [0.15, 0.2) is 34.8 Å². The molecule has 96 valence electrons. The summed E-state index contributed by atoms with van der Waals surface area (Å²) in [5, 5.41) is 0. The first kappa shape index (κ1) is 12.2. The minimum atomic E-state index is -1.27. The standard InChI is InChI=1S/C13H6BrF3N2/c14-6-5-7(15)10(12(17)11(6)16)13-18-8-3-1-2-4-9(8)19-13/h1-5H,(H,18,19). The van der Waals surface area contributed by atoms with Crippen molar-refractivity contribution in [3.05, 3.63) is 52.3 Å². The lowest BCUT2D eigenvalue weighted by molar-refractivity contribution is 0.493. The fourth-order valence-corrected chi connectivity index (χ4v) is 2.23. The lowest BCUT2D eigenvalue weighted by atomic mass is 10.2. The van der Waals surface area contributed by atoms with E-state index >= 15 is 0 Å². The van der Waals surface area contributed by atoms with E-state index < -0.39 is 23.0 Å². The Balaban J connectivity index is 2.29. The van der Waals surface area contributed by atoms with Crippen LogP contribution < -0.4 is 0 Å². The largest absolute Gasteiger partial charge is 0.338 e. The molecule has 0 radical (unpaired) electrons. The fourth-order valence-electron chi connectivity index (χ4n) is 1.85. The highest BCUT2D eigenvalue weighted by molar-refractivity contribution is 9.10. The van der Waals surface area contributed by atoms with Crippen molar-refractivity contribution in [2.75, 3.05) is 0 Å². The number of imidazole rings is 1. The minimum absolute atomic E-state index is 0.0393. The molecule has 19 heavy (non-hydrogen) atoms. The lowest BCUT2D eigenvalue weighted by Gasteiger charge is -2.04. The second-order valence-corrected chi connectivity index (χ2v) is 4.80. The predicted octanol–water partition coefficient (Wildman–Crippen LogP) is 4.41. The molecular formula is C13H6BrF3N2. The van der Waals surface area contributed by atoms with Gasteiger partial charge in [-0.15, -0.1) is 0 Å². The average Bonchev–Trinajstić information content (AvgIpc) is 2.79. The molecule has 0 aliphatic heterocycles. The van der Waals surface area contributed by atoms with Gasteiger partial charge in [-0.1, -0.05) is 12.1 Å². The topological polar surface area (TPSA) is 28.7 Å². The summed E-state index contributed by atoms with van der Waals surface area (Å²) in [4.78, 5) is 6.82. The maximum atomic E-state index is 13.8. The molecule has 0 atom stereocenters. The quantitative estimate of drug-likeness (QED) is 0.520. The number of aromatic nitrogens is 2. The van der Waals surface area contributed by atoms with Gasteiger partial charge in [0.25, 0.3) is 0 Å². The Morgan fingerprint density at radius 1 is 1.05 bits per heavy atom. The van der Waals surface area contributed by atoms with Crippen molar-refractivity contribution < 1.29 is 13.2 Å². The maximum absolute atomic E-state index is 13.8. The van der Waals surface area contributed by atoms with E-state index in [-0.39, 0.29) is 10.3 Å². The predicted molar refractivity (Wildman–Crippen MR) is 69.1 cm³/mol. The first-order chi connectivity index (χ1) is 9.08. The van der Waals surface area contributed by atoms with Crippen LogP contribution in [0, 0.1) is 17.5 Å². The molecule has 1 heterocycles. The number of aromatic amines is 1. The van der Waals surface area contributed by atoms with Crippen LogP contribution >= 0.6 is 15.9 Å². The van der Waals surface area contributed by atoms with Crippen LogP contribution in [-0.2, 0) is 0 Å². The molecule has 2 nitrogen and oxygen atoms in total. The molecule has 2 aromatic carbocycles. The summed E-state index contributed by atoms with van der Waals surface area (Å²) < 4.78 is 40.9. The summed E-state index contributed by atoms with van der Waals surface area (Å²) >= 11 is 2.75. The highest BCUT2D eigenvalue weighted by Gasteiger charge is 2.21. The number of hydrogen-bond donors (Lipinski definition) is 1. The van der Waals surface area contributed by atoms with E-state index in [0.29, 0.717) is 11.0 Å². The van der Waals surface area contributed by atoms with Gasteiger partial charge in [0.05, 0.1) is 21.1 Å². The van der Waals surface area contributed by atoms with Gasteiger partial charge in [-0.25, -0.2) is 18.2 Å². The SMILES string of the molecule is Fc1cc(Br)c(F)c(F)c1-c1nc2ccccc2[nH]1. The van der Waals surface area contributed by atoms with E-state index in [1.54, 1.807) is 24.3 Å². The van der Waals surface area contributed by atoms with Crippen molar-refractivity contribution in [3.8, 4) is 11.4 Å². The molecule has 0 bridgehead atoms. The molecule has 0 aliphatic rings. The molecule has 3 rings (SSSR count). The van der Waals surface area contributed by atoms with Crippen LogP contribution in [0.1, 0.15) is 0 Å². The number of hydrogen-bond acceptors (Lipinski definition) is 1. The number of halogens is 4. The van der Waals surface area contributed by atoms with Gasteiger partial charge in [0, 0.05) is 0 Å². The Bertz CT molecular complexity index is 750. The molecule has 0 fully saturated rings. The van der Waals surface area contributed by atoms with Crippen molar-refractivity contribution in [2.24, 2.45) is 0 Å². The number of para-hydroxylation sites is 2. The monoisotopic (exact) mass is 326 g/mol. The third-order valence-electron chi connectivity index (χ3n) is 2.74. The molecule has 1 N–H and O–H groups in total. The Morgan fingerprint density at radius 2 is 1.79 bits per heavy atom. The second kappa shape index (κ2) is 4.38. The summed E-state index contributed by atoms with van der Waals surface area (Å²) in [6.07, 6.45) is 0. The molecule has 0 saturated heterocycles. The number of H-pyrrole nitrogens is 1. The van der Waals surface area contributed by atoms with E-state index in [4.69, 9.17) is 0 Å². The second-order valence-electron chi connectivity index (χ2n) is 3.95. The van der Waals surface area contributed by atoms with Gasteiger partial charge >= 0.3 is 0 Å². The zero-order valence-corrected chi connectivity index (χ0v) is 10.9. The highest BCUT2D eigenvalue weighted by Crippen LogP contribution is 2.31. The normalized spacial score (nSPS) is 11.2. The highest BCUT2D eigenvalue weighted by atomic mass is 79.9. The fraction of sp³-hybridized carbons (Fsp3) is 0. The number of nitrogens with one attached hydrogen (secondary N) is 1. The van der Waals surface area contributed by atoms with Crippen molar-refractivity contribution in [2.45, 2.75) is 0 Å². The number of fused-ring (bicyclic) bond motifs is 1. The summed E-state index contributed by atoms with van der Waals surface area (Å²) in [6.45, 7) is 0. The smallest absolute Gasteiger partial charge is 0.173 e. The number of nitrogens with zero attached hydrogens (tertiary/aromatic N) is 1. The van der Waals surface area contributed by atoms with Crippen molar-refractivity contribution in [1.82, 2.24) is 9.97 Å². The van der Waals surface area contributed by atoms with Gasteiger partial charge in [0.15, 0.2) is 11.6 Å². The molecule has 0 unspecified atom stereocenters. The van der Waals surface area contributed by atoms with E-state index in [0.717, 1.165) is 6.07 Å². The third kappa shape index (κ3) is 1.92. The van der Waals surface area contributed by atoms with E-state index in [1.807, 2.05) is 0 Å². The molecule has 0 aliphatic carbocycles. The molecular weight excluding hydrogens is 321 g/mol. The maximum Gasteiger partial charge on any atom is 0.173 e. The van der Waals surface area contributed by atoms with E-state index in [2.05, 4.69) is 25.9 Å². The first-order valence-electron chi connectivity index (χ1n) is 5.36. The zero-order valence-electron chi connectivity index (χ0n) is 9.35. The average molecular weight is 327 g/mol. The van der Waals surface area contributed by atoms with Crippen molar-refractivity contribution in [3.63, 3.8) is 0 Å². The van der Waals surface area contributed by atoms with Gasteiger partial charge in [0.2, 0.25) is 0 Å². The number of benzene rings is 2. The molecule has 0 amide bonds. The van der Waals surface area contributed by atoms with Crippen LogP contribution in [0.2, 0.25) is 0 Å². The van der Waals surface area contributed by atoms with Gasteiger partial charge in [0.1, 0.15) is 11.6 Å². The summed E-state index contributed by atoms with van der Waals surface area (Å²) in [6, 6.07) is 7.80. The summed E-state index contributed by atoms with van der Waals surface area (Å²) in [5.74, 6) is -3.34. The zero-order chi connectivity index (χ0) is 13.6. The van der Waals surface area contributed by atoms with E-state index in [1.165, 1.54) is 0 Å². The van der Waals surface area contributed by atoms with Crippen LogP contribution in [0.4, 0.5) is 13.2 Å². The Kier molecular flexibility index (Phi) is 2.82. The summed E-state index contributed by atoms with van der Waals surface area (Å²) in [5.41, 5.74) is 0.677.